The second kappa shape index (κ2) is 8.54. The normalized spacial score (nSPS) is 16.3. The number of nitriles is 1. The van der Waals surface area contributed by atoms with Crippen LogP contribution in [0.25, 0.3) is 0 Å². The second-order valence-electron chi connectivity index (χ2n) is 5.77. The van der Waals surface area contributed by atoms with Gasteiger partial charge in [-0.3, -0.25) is 4.79 Å². The maximum absolute atomic E-state index is 12.3. The zero-order chi connectivity index (χ0) is 17.8. The Hall–Kier alpha value is -1.08. The molecule has 1 amide bonds. The highest BCUT2D eigenvalue weighted by atomic mass is 32.2. The van der Waals surface area contributed by atoms with Crippen LogP contribution < -0.4 is 5.32 Å². The molecule has 0 aromatic carbocycles. The minimum Gasteiger partial charge on any atom is -0.316 e. The van der Waals surface area contributed by atoms with Gasteiger partial charge in [0, 0.05) is 4.88 Å². The van der Waals surface area contributed by atoms with Gasteiger partial charge < -0.3 is 5.32 Å². The molecule has 0 bridgehead atoms. The molecule has 132 valence electrons. The van der Waals surface area contributed by atoms with Gasteiger partial charge in [-0.1, -0.05) is 48.7 Å². The maximum atomic E-state index is 12.3. The SMILES string of the molecule is CCSc1nnc(SCC(=O)Nc2sc3c(c2C#N)CC[C@H](C)C3)s1. The van der Waals surface area contributed by atoms with Crippen LogP contribution in [0, 0.1) is 17.2 Å². The van der Waals surface area contributed by atoms with E-state index >= 15 is 0 Å². The molecule has 1 aliphatic carbocycles. The molecule has 1 aliphatic rings. The molecule has 5 nitrogen and oxygen atoms in total. The summed E-state index contributed by atoms with van der Waals surface area (Å²) in [6, 6.07) is 2.28. The first-order valence-corrected chi connectivity index (χ1v) is 11.6. The lowest BCUT2D eigenvalue weighted by Gasteiger charge is -2.17. The first-order chi connectivity index (χ1) is 12.1. The quantitative estimate of drug-likeness (QED) is 0.709. The monoisotopic (exact) mass is 410 g/mol. The molecule has 2 aromatic heterocycles. The summed E-state index contributed by atoms with van der Waals surface area (Å²) in [4.78, 5) is 13.5. The van der Waals surface area contributed by atoms with Crippen LogP contribution in [0.3, 0.4) is 0 Å². The summed E-state index contributed by atoms with van der Waals surface area (Å²) in [5.74, 6) is 1.77. The Morgan fingerprint density at radius 1 is 1.36 bits per heavy atom. The molecule has 0 spiro atoms. The summed E-state index contributed by atoms with van der Waals surface area (Å²) in [6.07, 6.45) is 3.04. The number of hydrogen-bond acceptors (Lipinski definition) is 8. The van der Waals surface area contributed by atoms with Crippen LogP contribution in [0.4, 0.5) is 5.00 Å². The van der Waals surface area contributed by atoms with Crippen LogP contribution >= 0.6 is 46.2 Å². The molecule has 25 heavy (non-hydrogen) atoms. The van der Waals surface area contributed by atoms with Crippen LogP contribution in [0.2, 0.25) is 0 Å². The lowest BCUT2D eigenvalue weighted by molar-refractivity contribution is -0.113. The van der Waals surface area contributed by atoms with Crippen molar-refractivity contribution in [2.45, 2.75) is 41.8 Å². The predicted octanol–water partition coefficient (Wildman–Crippen LogP) is 4.44. The zero-order valence-electron chi connectivity index (χ0n) is 14.0. The van der Waals surface area contributed by atoms with Crippen molar-refractivity contribution < 1.29 is 4.79 Å². The Morgan fingerprint density at radius 3 is 2.84 bits per heavy atom. The first-order valence-electron chi connectivity index (χ1n) is 8.04. The minimum atomic E-state index is -0.104. The van der Waals surface area contributed by atoms with Crippen molar-refractivity contribution in [3.63, 3.8) is 0 Å². The van der Waals surface area contributed by atoms with E-state index in [4.69, 9.17) is 0 Å². The van der Waals surface area contributed by atoms with Gasteiger partial charge in [0.25, 0.3) is 0 Å². The van der Waals surface area contributed by atoms with Crippen LogP contribution in [0.5, 0.6) is 0 Å². The molecule has 2 aromatic rings. The van der Waals surface area contributed by atoms with E-state index in [9.17, 15) is 10.1 Å². The molecule has 0 saturated carbocycles. The van der Waals surface area contributed by atoms with Gasteiger partial charge in [0.1, 0.15) is 11.1 Å². The van der Waals surface area contributed by atoms with Crippen molar-refractivity contribution in [3.8, 4) is 6.07 Å². The molecule has 0 radical (unpaired) electrons. The van der Waals surface area contributed by atoms with E-state index in [1.54, 1.807) is 23.1 Å². The van der Waals surface area contributed by atoms with Crippen molar-refractivity contribution in [3.05, 3.63) is 16.0 Å². The highest BCUT2D eigenvalue weighted by Gasteiger charge is 2.24. The third kappa shape index (κ3) is 4.56. The number of hydrogen-bond donors (Lipinski definition) is 1. The number of rotatable bonds is 6. The standard InChI is InChI=1S/C16H18N4OS4/c1-3-22-15-19-20-16(25-15)23-8-13(21)18-14-11(7-17)10-5-4-9(2)6-12(10)24-14/h9H,3-6,8H2,1-2H3,(H,18,21)/t9-/m0/s1. The van der Waals surface area contributed by atoms with Crippen molar-refractivity contribution in [2.75, 3.05) is 16.8 Å². The van der Waals surface area contributed by atoms with Gasteiger partial charge in [-0.2, -0.15) is 5.26 Å². The maximum Gasteiger partial charge on any atom is 0.235 e. The lowest BCUT2D eigenvalue weighted by Crippen LogP contribution is -2.14. The summed E-state index contributed by atoms with van der Waals surface area (Å²) in [5, 5.41) is 21.3. The molecule has 1 N–H and O–H groups in total. The fourth-order valence-electron chi connectivity index (χ4n) is 2.68. The predicted molar refractivity (Wildman–Crippen MR) is 106 cm³/mol. The number of carbonyl (C=O) groups is 1. The number of amides is 1. The summed E-state index contributed by atoms with van der Waals surface area (Å²) in [5.41, 5.74) is 1.79. The number of nitrogens with one attached hydrogen (secondary N) is 1. The van der Waals surface area contributed by atoms with Crippen molar-refractivity contribution in [1.29, 1.82) is 5.26 Å². The topological polar surface area (TPSA) is 78.7 Å². The highest BCUT2D eigenvalue weighted by molar-refractivity contribution is 8.03. The van der Waals surface area contributed by atoms with Gasteiger partial charge in [0.05, 0.1) is 11.3 Å². The summed E-state index contributed by atoms with van der Waals surface area (Å²) >= 11 is 6.10. The van der Waals surface area contributed by atoms with Crippen LogP contribution in [-0.4, -0.2) is 27.6 Å². The van der Waals surface area contributed by atoms with Crippen molar-refractivity contribution in [2.24, 2.45) is 5.92 Å². The van der Waals surface area contributed by atoms with Gasteiger partial charge in [-0.15, -0.1) is 21.5 Å². The molecule has 0 aliphatic heterocycles. The molecule has 0 unspecified atom stereocenters. The average Bonchev–Trinajstić information content (AvgIpc) is 3.16. The smallest absolute Gasteiger partial charge is 0.235 e. The fraction of sp³-hybridized carbons (Fsp3) is 0.500. The summed E-state index contributed by atoms with van der Waals surface area (Å²) in [6.45, 7) is 4.30. The zero-order valence-corrected chi connectivity index (χ0v) is 17.3. The third-order valence-electron chi connectivity index (χ3n) is 3.86. The van der Waals surface area contributed by atoms with Gasteiger partial charge in [-0.25, -0.2) is 0 Å². The van der Waals surface area contributed by atoms with Crippen molar-refractivity contribution in [1.82, 2.24) is 10.2 Å². The number of nitrogens with zero attached hydrogens (tertiary/aromatic N) is 3. The van der Waals surface area contributed by atoms with Gasteiger partial charge in [-0.05, 0) is 36.5 Å². The summed E-state index contributed by atoms with van der Waals surface area (Å²) in [7, 11) is 0. The van der Waals surface area contributed by atoms with Gasteiger partial charge >= 0.3 is 0 Å². The Balaban J connectivity index is 1.62. The number of thiophene rings is 1. The molecule has 3 rings (SSSR count). The molecular formula is C16H18N4OS4. The molecule has 2 heterocycles. The first kappa shape index (κ1) is 18.7. The highest BCUT2D eigenvalue weighted by Crippen LogP contribution is 2.39. The molecule has 0 saturated heterocycles. The number of thioether (sulfide) groups is 2. The van der Waals surface area contributed by atoms with E-state index < -0.39 is 0 Å². The van der Waals surface area contributed by atoms with Crippen LogP contribution in [0.1, 0.15) is 36.3 Å². The molecule has 1 atom stereocenters. The Kier molecular flexibility index (Phi) is 6.39. The third-order valence-corrected chi connectivity index (χ3v) is 8.10. The number of aromatic nitrogens is 2. The van der Waals surface area contributed by atoms with Crippen molar-refractivity contribution >= 4 is 57.1 Å². The molecule has 0 fully saturated rings. The van der Waals surface area contributed by atoms with Crippen LogP contribution in [0.15, 0.2) is 8.68 Å². The van der Waals surface area contributed by atoms with Gasteiger partial charge in [0.2, 0.25) is 5.91 Å². The molecule has 9 heteroatoms. The number of anilines is 1. The second-order valence-corrected chi connectivity index (χ2v) is 10.6. The summed E-state index contributed by atoms with van der Waals surface area (Å²) < 4.78 is 1.73. The van der Waals surface area contributed by atoms with E-state index in [2.05, 4.69) is 35.4 Å². The van der Waals surface area contributed by atoms with Gasteiger partial charge in [0.15, 0.2) is 8.68 Å². The number of carbonyl (C=O) groups excluding carboxylic acids is 1. The Bertz CT molecular complexity index is 808. The number of fused-ring (bicyclic) bond motifs is 1. The van der Waals surface area contributed by atoms with E-state index in [1.807, 2.05) is 0 Å². The Morgan fingerprint density at radius 2 is 2.12 bits per heavy atom. The van der Waals surface area contributed by atoms with E-state index in [0.29, 0.717) is 16.5 Å². The fourth-order valence-corrected chi connectivity index (χ4v) is 6.78. The lowest BCUT2D eigenvalue weighted by atomic mass is 9.89. The minimum absolute atomic E-state index is 0.104. The Labute approximate surface area is 163 Å². The van der Waals surface area contributed by atoms with E-state index in [1.165, 1.54) is 28.0 Å². The average molecular weight is 411 g/mol. The van der Waals surface area contributed by atoms with Crippen LogP contribution in [-0.2, 0) is 17.6 Å². The largest absolute Gasteiger partial charge is 0.316 e. The van der Waals surface area contributed by atoms with E-state index in [0.717, 1.165) is 39.3 Å². The molecular weight excluding hydrogens is 392 g/mol. The van der Waals surface area contributed by atoms with E-state index in [-0.39, 0.29) is 11.7 Å².